The van der Waals surface area contributed by atoms with Crippen LogP contribution in [0.5, 0.6) is 11.5 Å². The van der Waals surface area contributed by atoms with Crippen molar-refractivity contribution in [2.24, 2.45) is 4.99 Å². The van der Waals surface area contributed by atoms with Gasteiger partial charge in [0, 0.05) is 18.7 Å². The molecule has 3 aromatic carbocycles. The number of halogens is 1. The number of aromatic nitrogens is 1. The Hall–Kier alpha value is -3.29. The first-order valence-electron chi connectivity index (χ1n) is 9.93. The van der Waals surface area contributed by atoms with E-state index in [2.05, 4.69) is 4.99 Å². The fourth-order valence-corrected chi connectivity index (χ4v) is 4.19. The summed E-state index contributed by atoms with van der Waals surface area (Å²) in [4.78, 5) is 17.5. The lowest BCUT2D eigenvalue weighted by atomic mass is 10.2. The van der Waals surface area contributed by atoms with Crippen molar-refractivity contribution in [1.82, 2.24) is 4.57 Å². The van der Waals surface area contributed by atoms with Gasteiger partial charge in [-0.3, -0.25) is 4.79 Å². The van der Waals surface area contributed by atoms with E-state index in [-0.39, 0.29) is 5.82 Å². The number of para-hydroxylation sites is 2. The molecule has 0 bridgehead atoms. The summed E-state index contributed by atoms with van der Waals surface area (Å²) in [6.07, 6.45) is 0. The van der Waals surface area contributed by atoms with Crippen molar-refractivity contribution in [2.45, 2.75) is 13.5 Å². The molecular formula is C24H21FN2O3S. The third kappa shape index (κ3) is 4.90. The summed E-state index contributed by atoms with van der Waals surface area (Å²) in [6, 6.07) is 21.1. The normalized spacial score (nSPS) is 11.7. The summed E-state index contributed by atoms with van der Waals surface area (Å²) >= 11 is 1.28. The third-order valence-corrected chi connectivity index (χ3v) is 5.64. The number of carbonyl (C=O) groups is 1. The standard InChI is InChI=1S/C24H21FN2O3S/c1-2-29-16-15-27-22-20(25)9-6-10-21(22)31-24(27)26-23(28)17-11-13-19(14-12-17)30-18-7-4-3-5-8-18/h3-14H,2,15-16H2,1H3. The molecule has 1 aromatic heterocycles. The summed E-state index contributed by atoms with van der Waals surface area (Å²) in [7, 11) is 0. The van der Waals surface area contributed by atoms with Crippen LogP contribution in [0.2, 0.25) is 0 Å². The van der Waals surface area contributed by atoms with Gasteiger partial charge in [0.25, 0.3) is 5.91 Å². The molecule has 0 spiro atoms. The van der Waals surface area contributed by atoms with Gasteiger partial charge in [0.05, 0.1) is 16.8 Å². The number of amides is 1. The van der Waals surface area contributed by atoms with Gasteiger partial charge in [-0.25, -0.2) is 4.39 Å². The van der Waals surface area contributed by atoms with E-state index in [1.54, 1.807) is 34.9 Å². The lowest BCUT2D eigenvalue weighted by Gasteiger charge is -2.06. The molecule has 7 heteroatoms. The highest BCUT2D eigenvalue weighted by molar-refractivity contribution is 7.16. The minimum absolute atomic E-state index is 0.346. The van der Waals surface area contributed by atoms with Crippen LogP contribution in [0.15, 0.2) is 77.8 Å². The number of hydrogen-bond donors (Lipinski definition) is 0. The summed E-state index contributed by atoms with van der Waals surface area (Å²) in [5.74, 6) is 0.595. The summed E-state index contributed by atoms with van der Waals surface area (Å²) < 4.78 is 28.1. The van der Waals surface area contributed by atoms with Crippen LogP contribution < -0.4 is 9.54 Å². The quantitative estimate of drug-likeness (QED) is 0.364. The fourth-order valence-electron chi connectivity index (χ4n) is 3.12. The number of thiazole rings is 1. The van der Waals surface area contributed by atoms with Gasteiger partial charge in [0.15, 0.2) is 4.80 Å². The van der Waals surface area contributed by atoms with Crippen molar-refractivity contribution in [2.75, 3.05) is 13.2 Å². The number of benzene rings is 3. The molecule has 1 amide bonds. The van der Waals surface area contributed by atoms with Crippen molar-refractivity contribution < 1.29 is 18.7 Å². The van der Waals surface area contributed by atoms with Gasteiger partial charge in [0.2, 0.25) is 0 Å². The topological polar surface area (TPSA) is 52.8 Å². The van der Waals surface area contributed by atoms with Gasteiger partial charge in [-0.2, -0.15) is 4.99 Å². The number of ether oxygens (including phenoxy) is 2. The van der Waals surface area contributed by atoms with E-state index in [1.165, 1.54) is 17.4 Å². The maximum Gasteiger partial charge on any atom is 0.279 e. The van der Waals surface area contributed by atoms with E-state index in [0.29, 0.717) is 47.1 Å². The average Bonchev–Trinajstić information content (AvgIpc) is 3.13. The lowest BCUT2D eigenvalue weighted by molar-refractivity contribution is 0.0996. The molecule has 1 heterocycles. The second kappa shape index (κ2) is 9.68. The maximum absolute atomic E-state index is 14.5. The zero-order chi connectivity index (χ0) is 21.6. The monoisotopic (exact) mass is 436 g/mol. The summed E-state index contributed by atoms with van der Waals surface area (Å²) in [6.45, 7) is 3.28. The van der Waals surface area contributed by atoms with Gasteiger partial charge in [-0.15, -0.1) is 0 Å². The van der Waals surface area contributed by atoms with Crippen molar-refractivity contribution in [3.05, 3.63) is 89.0 Å². The van der Waals surface area contributed by atoms with Crippen molar-refractivity contribution in [3.63, 3.8) is 0 Å². The van der Waals surface area contributed by atoms with Crippen LogP contribution in [0.25, 0.3) is 10.2 Å². The third-order valence-electron chi connectivity index (χ3n) is 4.59. The SMILES string of the molecule is CCOCCn1c(=NC(=O)c2ccc(Oc3ccccc3)cc2)sc2cccc(F)c21. The number of nitrogens with zero attached hydrogens (tertiary/aromatic N) is 2. The van der Waals surface area contributed by atoms with Crippen LogP contribution in [-0.4, -0.2) is 23.7 Å². The molecule has 4 rings (SSSR count). The Bertz CT molecular complexity index is 1250. The van der Waals surface area contributed by atoms with E-state index in [4.69, 9.17) is 9.47 Å². The van der Waals surface area contributed by atoms with Crippen LogP contribution in [0.1, 0.15) is 17.3 Å². The first-order chi connectivity index (χ1) is 15.2. The molecule has 0 aliphatic rings. The van der Waals surface area contributed by atoms with Gasteiger partial charge in [-0.1, -0.05) is 35.6 Å². The maximum atomic E-state index is 14.5. The zero-order valence-corrected chi connectivity index (χ0v) is 17.8. The van der Waals surface area contributed by atoms with Crippen LogP contribution in [0.3, 0.4) is 0 Å². The Balaban J connectivity index is 1.62. The molecule has 0 unspecified atom stereocenters. The predicted molar refractivity (Wildman–Crippen MR) is 119 cm³/mol. The van der Waals surface area contributed by atoms with Crippen LogP contribution in [0.4, 0.5) is 4.39 Å². The van der Waals surface area contributed by atoms with E-state index in [1.807, 2.05) is 43.3 Å². The number of fused-ring (bicyclic) bond motifs is 1. The molecule has 0 aliphatic carbocycles. The molecule has 31 heavy (non-hydrogen) atoms. The van der Waals surface area contributed by atoms with Crippen molar-refractivity contribution in [1.29, 1.82) is 0 Å². The van der Waals surface area contributed by atoms with Crippen LogP contribution in [0, 0.1) is 5.82 Å². The molecule has 0 saturated carbocycles. The first-order valence-corrected chi connectivity index (χ1v) is 10.7. The Morgan fingerprint density at radius 3 is 2.48 bits per heavy atom. The van der Waals surface area contributed by atoms with Gasteiger partial charge in [0.1, 0.15) is 17.3 Å². The molecule has 0 fully saturated rings. The van der Waals surface area contributed by atoms with E-state index in [0.717, 1.165) is 4.70 Å². The minimum atomic E-state index is -0.400. The van der Waals surface area contributed by atoms with Gasteiger partial charge in [-0.05, 0) is 55.5 Å². The highest BCUT2D eigenvalue weighted by Gasteiger charge is 2.13. The van der Waals surface area contributed by atoms with E-state index >= 15 is 0 Å². The molecule has 4 aromatic rings. The van der Waals surface area contributed by atoms with E-state index < -0.39 is 5.91 Å². The minimum Gasteiger partial charge on any atom is -0.457 e. The first kappa shape index (κ1) is 21.0. The van der Waals surface area contributed by atoms with E-state index in [9.17, 15) is 9.18 Å². The second-order valence-corrected chi connectivity index (χ2v) is 7.69. The number of rotatable bonds is 7. The summed E-state index contributed by atoms with van der Waals surface area (Å²) in [5.41, 5.74) is 0.861. The Morgan fingerprint density at radius 2 is 1.74 bits per heavy atom. The highest BCUT2D eigenvalue weighted by atomic mass is 32.1. The Morgan fingerprint density at radius 1 is 1.00 bits per heavy atom. The van der Waals surface area contributed by atoms with Gasteiger partial charge >= 0.3 is 0 Å². The molecule has 0 saturated heterocycles. The van der Waals surface area contributed by atoms with Gasteiger partial charge < -0.3 is 14.0 Å². The largest absolute Gasteiger partial charge is 0.457 e. The number of carbonyl (C=O) groups excluding carboxylic acids is 1. The van der Waals surface area contributed by atoms with Crippen molar-refractivity contribution in [3.8, 4) is 11.5 Å². The van der Waals surface area contributed by atoms with Crippen molar-refractivity contribution >= 4 is 27.5 Å². The molecule has 158 valence electrons. The number of hydrogen-bond acceptors (Lipinski definition) is 4. The highest BCUT2D eigenvalue weighted by Crippen LogP contribution is 2.22. The lowest BCUT2D eigenvalue weighted by Crippen LogP contribution is -2.20. The Labute approximate surface area is 183 Å². The Kier molecular flexibility index (Phi) is 6.54. The smallest absolute Gasteiger partial charge is 0.279 e. The molecule has 0 radical (unpaired) electrons. The molecule has 0 N–H and O–H groups in total. The van der Waals surface area contributed by atoms with Crippen LogP contribution >= 0.6 is 11.3 Å². The second-order valence-electron chi connectivity index (χ2n) is 6.68. The summed E-state index contributed by atoms with van der Waals surface area (Å²) in [5, 5.41) is 0. The molecule has 0 aliphatic heterocycles. The predicted octanol–water partition coefficient (Wildman–Crippen LogP) is 5.41. The molecule has 0 atom stereocenters. The molecular weight excluding hydrogens is 415 g/mol. The molecule has 5 nitrogen and oxygen atoms in total. The zero-order valence-electron chi connectivity index (χ0n) is 17.0. The van der Waals surface area contributed by atoms with Crippen LogP contribution in [-0.2, 0) is 11.3 Å². The average molecular weight is 437 g/mol. The fraction of sp³-hybridized carbons (Fsp3) is 0.167.